The molecule has 0 aliphatic carbocycles. The molecular weight excluding hydrogens is 356 g/mol. The van der Waals surface area contributed by atoms with Crippen molar-refractivity contribution in [2.75, 3.05) is 19.6 Å². The van der Waals surface area contributed by atoms with Gasteiger partial charge in [-0.25, -0.2) is 0 Å². The second-order valence-corrected chi connectivity index (χ2v) is 8.52. The van der Waals surface area contributed by atoms with Gasteiger partial charge >= 0.3 is 0 Å². The van der Waals surface area contributed by atoms with Gasteiger partial charge in [0.1, 0.15) is 6.04 Å². The van der Waals surface area contributed by atoms with Crippen LogP contribution in [0.25, 0.3) is 0 Å². The van der Waals surface area contributed by atoms with E-state index in [1.807, 2.05) is 12.1 Å². The van der Waals surface area contributed by atoms with E-state index in [4.69, 9.17) is 0 Å². The molecule has 7 heteroatoms. The maximum atomic E-state index is 12.8. The molecule has 7 nitrogen and oxygen atoms in total. The SMILES string of the molecule is O=C1CCC(N2Cc3cc(CN4CC[C@H]5CCN[C@H]5C4)ccc3C2=O)C(=O)N1. The Morgan fingerprint density at radius 2 is 2.00 bits per heavy atom. The minimum absolute atomic E-state index is 0.105. The standard InChI is InChI=1S/C21H26N4O3/c26-19-4-3-18(20(27)23-19)25-11-15-9-13(1-2-16(15)21(25)28)10-24-8-6-14-5-7-22-17(14)12-24/h1-2,9,14,17-18,22H,3-8,10-12H2,(H,23,26,27)/t14-,17+,18?/m1/s1. The average molecular weight is 382 g/mol. The lowest BCUT2D eigenvalue weighted by Gasteiger charge is -2.35. The van der Waals surface area contributed by atoms with Gasteiger partial charge in [-0.05, 0) is 55.5 Å². The molecule has 0 radical (unpaired) electrons. The molecule has 1 unspecified atom stereocenters. The molecule has 0 spiro atoms. The molecule has 3 atom stereocenters. The first-order chi connectivity index (χ1) is 13.6. The predicted molar refractivity (Wildman–Crippen MR) is 102 cm³/mol. The number of hydrogen-bond donors (Lipinski definition) is 2. The number of nitrogens with one attached hydrogen (secondary N) is 2. The summed E-state index contributed by atoms with van der Waals surface area (Å²) in [6.45, 7) is 4.69. The van der Waals surface area contributed by atoms with Crippen LogP contribution in [0.15, 0.2) is 18.2 Å². The Bertz CT molecular complexity index is 839. The predicted octanol–water partition coefficient (Wildman–Crippen LogP) is 0.631. The van der Waals surface area contributed by atoms with E-state index in [0.717, 1.165) is 37.7 Å². The van der Waals surface area contributed by atoms with E-state index in [-0.39, 0.29) is 24.1 Å². The molecule has 4 heterocycles. The van der Waals surface area contributed by atoms with Crippen LogP contribution in [0.1, 0.15) is 47.2 Å². The molecule has 3 saturated heterocycles. The van der Waals surface area contributed by atoms with Crippen molar-refractivity contribution in [2.45, 2.75) is 50.9 Å². The van der Waals surface area contributed by atoms with E-state index in [9.17, 15) is 14.4 Å². The third-order valence-electron chi connectivity index (χ3n) is 6.76. The number of carbonyl (C=O) groups excluding carboxylic acids is 3. The van der Waals surface area contributed by atoms with Crippen molar-refractivity contribution in [2.24, 2.45) is 5.92 Å². The molecule has 5 rings (SSSR count). The van der Waals surface area contributed by atoms with Crippen LogP contribution >= 0.6 is 0 Å². The number of nitrogens with zero attached hydrogens (tertiary/aromatic N) is 2. The Balaban J connectivity index is 1.28. The molecule has 4 aliphatic rings. The maximum Gasteiger partial charge on any atom is 0.255 e. The van der Waals surface area contributed by atoms with Crippen molar-refractivity contribution in [3.63, 3.8) is 0 Å². The summed E-state index contributed by atoms with van der Waals surface area (Å²) in [5, 5.41) is 5.97. The molecule has 28 heavy (non-hydrogen) atoms. The smallest absolute Gasteiger partial charge is 0.255 e. The van der Waals surface area contributed by atoms with Gasteiger partial charge in [0.15, 0.2) is 0 Å². The Hall–Kier alpha value is -2.25. The van der Waals surface area contributed by atoms with Gasteiger partial charge in [0.25, 0.3) is 5.91 Å². The lowest BCUT2D eigenvalue weighted by Crippen LogP contribution is -2.52. The van der Waals surface area contributed by atoms with E-state index < -0.39 is 6.04 Å². The number of hydrogen-bond acceptors (Lipinski definition) is 5. The number of benzene rings is 1. The van der Waals surface area contributed by atoms with E-state index in [2.05, 4.69) is 21.6 Å². The van der Waals surface area contributed by atoms with Crippen LogP contribution in [0.2, 0.25) is 0 Å². The van der Waals surface area contributed by atoms with E-state index in [1.54, 1.807) is 4.90 Å². The number of rotatable bonds is 3. The zero-order valence-corrected chi connectivity index (χ0v) is 15.9. The van der Waals surface area contributed by atoms with Crippen LogP contribution in [0, 0.1) is 5.92 Å². The van der Waals surface area contributed by atoms with Gasteiger partial charge in [-0.2, -0.15) is 0 Å². The third kappa shape index (κ3) is 3.12. The number of imide groups is 1. The molecule has 0 saturated carbocycles. The minimum Gasteiger partial charge on any atom is -0.322 e. The van der Waals surface area contributed by atoms with E-state index in [1.165, 1.54) is 18.4 Å². The summed E-state index contributed by atoms with van der Waals surface area (Å²) in [5.74, 6) is 0.112. The van der Waals surface area contributed by atoms with Crippen molar-refractivity contribution in [3.8, 4) is 0 Å². The molecule has 1 aromatic rings. The van der Waals surface area contributed by atoms with Crippen molar-refractivity contribution >= 4 is 17.7 Å². The Kier molecular flexibility index (Phi) is 4.44. The zero-order chi connectivity index (χ0) is 19.3. The van der Waals surface area contributed by atoms with Gasteiger partial charge in [0.2, 0.25) is 11.8 Å². The van der Waals surface area contributed by atoms with Crippen molar-refractivity contribution in [1.82, 2.24) is 20.4 Å². The third-order valence-corrected chi connectivity index (χ3v) is 6.76. The number of amides is 3. The summed E-state index contributed by atoms with van der Waals surface area (Å²) >= 11 is 0. The van der Waals surface area contributed by atoms with E-state index >= 15 is 0 Å². The Labute approximate surface area is 164 Å². The van der Waals surface area contributed by atoms with Gasteiger partial charge in [-0.1, -0.05) is 12.1 Å². The highest BCUT2D eigenvalue weighted by Gasteiger charge is 2.39. The lowest BCUT2D eigenvalue weighted by molar-refractivity contribution is -0.136. The van der Waals surface area contributed by atoms with Crippen LogP contribution in [0.4, 0.5) is 0 Å². The number of fused-ring (bicyclic) bond motifs is 2. The molecule has 0 bridgehead atoms. The zero-order valence-electron chi connectivity index (χ0n) is 15.9. The molecule has 1 aromatic carbocycles. The quantitative estimate of drug-likeness (QED) is 0.750. The first-order valence-corrected chi connectivity index (χ1v) is 10.3. The maximum absolute atomic E-state index is 12.8. The highest BCUT2D eigenvalue weighted by atomic mass is 16.2. The van der Waals surface area contributed by atoms with Crippen molar-refractivity contribution < 1.29 is 14.4 Å². The number of carbonyl (C=O) groups is 3. The summed E-state index contributed by atoms with van der Waals surface area (Å²) < 4.78 is 0. The van der Waals surface area contributed by atoms with Gasteiger partial charge in [0.05, 0.1) is 0 Å². The summed E-state index contributed by atoms with van der Waals surface area (Å²) in [4.78, 5) is 40.5. The Morgan fingerprint density at radius 3 is 2.86 bits per heavy atom. The highest BCUT2D eigenvalue weighted by molar-refractivity contribution is 6.05. The fraction of sp³-hybridized carbons (Fsp3) is 0.571. The van der Waals surface area contributed by atoms with Gasteiger partial charge in [0, 0.05) is 37.7 Å². The van der Waals surface area contributed by atoms with Crippen molar-refractivity contribution in [1.29, 1.82) is 0 Å². The molecule has 3 fully saturated rings. The number of likely N-dealkylation sites (tertiary alicyclic amines) is 1. The monoisotopic (exact) mass is 382 g/mol. The van der Waals surface area contributed by atoms with Crippen LogP contribution in [0.5, 0.6) is 0 Å². The molecular formula is C21H26N4O3. The summed E-state index contributed by atoms with van der Waals surface area (Å²) in [5.41, 5.74) is 2.89. The Morgan fingerprint density at radius 1 is 1.11 bits per heavy atom. The second kappa shape index (κ2) is 6.97. The summed E-state index contributed by atoms with van der Waals surface area (Å²) in [6, 6.07) is 6.13. The largest absolute Gasteiger partial charge is 0.322 e. The van der Waals surface area contributed by atoms with Gasteiger partial charge < -0.3 is 10.2 Å². The summed E-state index contributed by atoms with van der Waals surface area (Å²) in [6.07, 6.45) is 3.24. The number of piperidine rings is 2. The van der Waals surface area contributed by atoms with E-state index in [0.29, 0.717) is 24.6 Å². The molecule has 2 N–H and O–H groups in total. The average Bonchev–Trinajstić information content (AvgIpc) is 3.26. The first-order valence-electron chi connectivity index (χ1n) is 10.3. The lowest BCUT2D eigenvalue weighted by atomic mass is 9.92. The normalized spacial score (nSPS) is 30.4. The molecule has 0 aromatic heterocycles. The molecule has 148 valence electrons. The summed E-state index contributed by atoms with van der Waals surface area (Å²) in [7, 11) is 0. The fourth-order valence-electron chi connectivity index (χ4n) is 5.23. The van der Waals surface area contributed by atoms with Crippen LogP contribution in [-0.4, -0.2) is 59.2 Å². The van der Waals surface area contributed by atoms with Crippen LogP contribution in [0.3, 0.4) is 0 Å². The minimum atomic E-state index is -0.548. The topological polar surface area (TPSA) is 81.8 Å². The van der Waals surface area contributed by atoms with Crippen molar-refractivity contribution in [3.05, 3.63) is 34.9 Å². The molecule has 3 amide bonds. The first kappa shape index (κ1) is 17.8. The van der Waals surface area contributed by atoms with Gasteiger partial charge in [-0.3, -0.25) is 24.6 Å². The van der Waals surface area contributed by atoms with Gasteiger partial charge in [-0.15, -0.1) is 0 Å². The highest BCUT2D eigenvalue weighted by Crippen LogP contribution is 2.30. The fourth-order valence-corrected chi connectivity index (χ4v) is 5.23. The van der Waals surface area contributed by atoms with Crippen LogP contribution < -0.4 is 10.6 Å². The molecule has 4 aliphatic heterocycles. The van der Waals surface area contributed by atoms with Crippen LogP contribution in [-0.2, 0) is 22.7 Å². The second-order valence-electron chi connectivity index (χ2n) is 8.52.